The van der Waals surface area contributed by atoms with Crippen LogP contribution in [0.4, 0.5) is 0 Å². The second kappa shape index (κ2) is 3.77. The number of hydrogen-bond donors (Lipinski definition) is 2. The molecular formula is C12H15N3. The lowest BCUT2D eigenvalue weighted by molar-refractivity contribution is 0.728. The zero-order valence-electron chi connectivity index (χ0n) is 8.83. The van der Waals surface area contributed by atoms with Gasteiger partial charge < -0.3 is 10.3 Å². The molecule has 0 saturated heterocycles. The first-order valence-electron chi connectivity index (χ1n) is 5.06. The number of fused-ring (bicyclic) bond motifs is 1. The van der Waals surface area contributed by atoms with E-state index in [1.807, 2.05) is 12.1 Å². The van der Waals surface area contributed by atoms with Gasteiger partial charge in [0.2, 0.25) is 0 Å². The predicted octanol–water partition coefficient (Wildman–Crippen LogP) is 2.28. The van der Waals surface area contributed by atoms with Gasteiger partial charge in [-0.3, -0.25) is 5.41 Å². The van der Waals surface area contributed by atoms with Gasteiger partial charge in [0.25, 0.3) is 0 Å². The van der Waals surface area contributed by atoms with Crippen molar-refractivity contribution in [1.82, 2.24) is 4.57 Å². The molecule has 1 aromatic heterocycles. The maximum absolute atomic E-state index is 7.24. The lowest BCUT2D eigenvalue weighted by atomic mass is 10.2. The van der Waals surface area contributed by atoms with Crippen LogP contribution in [-0.2, 0) is 6.54 Å². The van der Waals surface area contributed by atoms with Crippen molar-refractivity contribution in [3.8, 4) is 0 Å². The van der Waals surface area contributed by atoms with Crippen LogP contribution in [0.5, 0.6) is 0 Å². The monoisotopic (exact) mass is 201 g/mol. The molecular weight excluding hydrogens is 186 g/mol. The van der Waals surface area contributed by atoms with Crippen LogP contribution in [0.2, 0.25) is 0 Å². The molecule has 0 bridgehead atoms. The van der Waals surface area contributed by atoms with Gasteiger partial charge in [-0.15, -0.1) is 0 Å². The highest BCUT2D eigenvalue weighted by molar-refractivity contribution is 5.81. The average molecular weight is 201 g/mol. The third-order valence-electron chi connectivity index (χ3n) is 2.62. The van der Waals surface area contributed by atoms with E-state index in [2.05, 4.69) is 29.7 Å². The maximum atomic E-state index is 7.24. The van der Waals surface area contributed by atoms with Gasteiger partial charge in [-0.05, 0) is 24.4 Å². The summed E-state index contributed by atoms with van der Waals surface area (Å²) < 4.78 is 2.21. The Hall–Kier alpha value is -1.77. The minimum absolute atomic E-state index is 0.243. The number of rotatable bonds is 3. The summed E-state index contributed by atoms with van der Waals surface area (Å²) in [7, 11) is 0. The standard InChI is InChI=1S/C12H15N3/c1-9-8-10-4-2-3-5-11(10)15(9)7-6-12(13)14/h2-5,8H,6-7H2,1H3,(H3,13,14). The number of aromatic nitrogens is 1. The molecule has 0 unspecified atom stereocenters. The van der Waals surface area contributed by atoms with Gasteiger partial charge >= 0.3 is 0 Å². The van der Waals surface area contributed by atoms with Crippen molar-refractivity contribution >= 4 is 16.7 Å². The molecule has 3 heteroatoms. The lowest BCUT2D eigenvalue weighted by Gasteiger charge is -2.06. The first kappa shape index (κ1) is 9.77. The Bertz CT molecular complexity index is 497. The molecule has 2 aromatic rings. The summed E-state index contributed by atoms with van der Waals surface area (Å²) in [6, 6.07) is 10.4. The van der Waals surface area contributed by atoms with Crippen molar-refractivity contribution in [3.05, 3.63) is 36.0 Å². The van der Waals surface area contributed by atoms with Crippen LogP contribution in [0.3, 0.4) is 0 Å². The van der Waals surface area contributed by atoms with Gasteiger partial charge in [0.05, 0.1) is 5.84 Å². The summed E-state index contributed by atoms with van der Waals surface area (Å²) in [4.78, 5) is 0. The molecule has 0 spiro atoms. The Kier molecular flexibility index (Phi) is 2.46. The highest BCUT2D eigenvalue weighted by Crippen LogP contribution is 2.19. The Labute approximate surface area is 89.0 Å². The minimum Gasteiger partial charge on any atom is -0.388 e. The number of aryl methyl sites for hydroxylation is 2. The maximum Gasteiger partial charge on any atom is 0.0923 e. The molecule has 1 aromatic carbocycles. The van der Waals surface area contributed by atoms with Gasteiger partial charge in [0.1, 0.15) is 0 Å². The fraction of sp³-hybridized carbons (Fsp3) is 0.250. The van der Waals surface area contributed by atoms with E-state index in [9.17, 15) is 0 Å². The molecule has 15 heavy (non-hydrogen) atoms. The van der Waals surface area contributed by atoms with Crippen LogP contribution >= 0.6 is 0 Å². The molecule has 78 valence electrons. The zero-order valence-corrected chi connectivity index (χ0v) is 8.83. The average Bonchev–Trinajstić information content (AvgIpc) is 2.50. The molecule has 0 radical (unpaired) electrons. The molecule has 3 N–H and O–H groups in total. The van der Waals surface area contributed by atoms with Crippen LogP contribution < -0.4 is 5.73 Å². The third kappa shape index (κ3) is 1.86. The minimum atomic E-state index is 0.243. The molecule has 0 saturated carbocycles. The van der Waals surface area contributed by atoms with E-state index in [0.717, 1.165) is 6.54 Å². The molecule has 2 rings (SSSR count). The highest BCUT2D eigenvalue weighted by Gasteiger charge is 2.04. The zero-order chi connectivity index (χ0) is 10.8. The van der Waals surface area contributed by atoms with Crippen molar-refractivity contribution in [3.63, 3.8) is 0 Å². The fourth-order valence-electron chi connectivity index (χ4n) is 1.88. The number of amidine groups is 1. The fourth-order valence-corrected chi connectivity index (χ4v) is 1.88. The number of nitrogens with zero attached hydrogens (tertiary/aromatic N) is 1. The summed E-state index contributed by atoms with van der Waals surface area (Å²) in [6.07, 6.45) is 0.611. The number of hydrogen-bond acceptors (Lipinski definition) is 1. The smallest absolute Gasteiger partial charge is 0.0923 e. The second-order valence-electron chi connectivity index (χ2n) is 3.77. The van der Waals surface area contributed by atoms with E-state index < -0.39 is 0 Å². The second-order valence-corrected chi connectivity index (χ2v) is 3.77. The number of nitrogens with one attached hydrogen (secondary N) is 1. The highest BCUT2D eigenvalue weighted by atomic mass is 15.0. The largest absolute Gasteiger partial charge is 0.388 e. The molecule has 0 aliphatic carbocycles. The van der Waals surface area contributed by atoms with Crippen molar-refractivity contribution in [2.45, 2.75) is 19.9 Å². The van der Waals surface area contributed by atoms with E-state index in [1.165, 1.54) is 16.6 Å². The lowest BCUT2D eigenvalue weighted by Crippen LogP contribution is -2.13. The van der Waals surface area contributed by atoms with Crippen molar-refractivity contribution in [1.29, 1.82) is 5.41 Å². The van der Waals surface area contributed by atoms with Gasteiger partial charge in [0, 0.05) is 24.2 Å². The Morgan fingerprint density at radius 2 is 2.13 bits per heavy atom. The molecule has 0 fully saturated rings. The van der Waals surface area contributed by atoms with E-state index in [-0.39, 0.29) is 5.84 Å². The summed E-state index contributed by atoms with van der Waals surface area (Å²) in [6.45, 7) is 2.87. The molecule has 1 heterocycles. The summed E-state index contributed by atoms with van der Waals surface area (Å²) in [5.74, 6) is 0.243. The van der Waals surface area contributed by atoms with Crippen molar-refractivity contribution in [2.75, 3.05) is 0 Å². The van der Waals surface area contributed by atoms with E-state index >= 15 is 0 Å². The van der Waals surface area contributed by atoms with Crippen LogP contribution in [0.1, 0.15) is 12.1 Å². The van der Waals surface area contributed by atoms with Crippen molar-refractivity contribution in [2.24, 2.45) is 5.73 Å². The first-order valence-corrected chi connectivity index (χ1v) is 5.06. The SMILES string of the molecule is Cc1cc2ccccc2n1CCC(=N)N. The van der Waals surface area contributed by atoms with Gasteiger partial charge in [-0.2, -0.15) is 0 Å². The van der Waals surface area contributed by atoms with Crippen molar-refractivity contribution < 1.29 is 0 Å². The van der Waals surface area contributed by atoms with Crippen LogP contribution in [0.25, 0.3) is 10.9 Å². The molecule has 0 aliphatic rings. The number of para-hydroxylation sites is 1. The van der Waals surface area contributed by atoms with Crippen LogP contribution in [0.15, 0.2) is 30.3 Å². The summed E-state index contributed by atoms with van der Waals surface area (Å²) >= 11 is 0. The Morgan fingerprint density at radius 3 is 2.87 bits per heavy atom. The van der Waals surface area contributed by atoms with E-state index in [0.29, 0.717) is 6.42 Å². The van der Waals surface area contributed by atoms with Crippen LogP contribution in [-0.4, -0.2) is 10.4 Å². The van der Waals surface area contributed by atoms with E-state index in [4.69, 9.17) is 11.1 Å². The number of benzene rings is 1. The van der Waals surface area contributed by atoms with Gasteiger partial charge in [-0.25, -0.2) is 0 Å². The quantitative estimate of drug-likeness (QED) is 0.581. The first-order chi connectivity index (χ1) is 7.18. The predicted molar refractivity (Wildman–Crippen MR) is 63.2 cm³/mol. The molecule has 0 amide bonds. The summed E-state index contributed by atoms with van der Waals surface area (Å²) in [5, 5.41) is 8.49. The molecule has 3 nitrogen and oxygen atoms in total. The topological polar surface area (TPSA) is 54.8 Å². The Balaban J connectivity index is 2.40. The van der Waals surface area contributed by atoms with Crippen LogP contribution in [0, 0.1) is 12.3 Å². The molecule has 0 aliphatic heterocycles. The normalized spacial score (nSPS) is 10.7. The van der Waals surface area contributed by atoms with E-state index in [1.54, 1.807) is 0 Å². The summed E-state index contributed by atoms with van der Waals surface area (Å²) in [5.41, 5.74) is 7.81. The Morgan fingerprint density at radius 1 is 1.40 bits per heavy atom. The van der Waals surface area contributed by atoms with Gasteiger partial charge in [-0.1, -0.05) is 18.2 Å². The molecule has 0 atom stereocenters. The van der Waals surface area contributed by atoms with Gasteiger partial charge in [0.15, 0.2) is 0 Å². The third-order valence-corrected chi connectivity index (χ3v) is 2.62. The number of nitrogens with two attached hydrogens (primary N) is 1.